The first-order chi connectivity index (χ1) is 9.50. The molecule has 0 heterocycles. The molecule has 0 aliphatic rings. The quantitative estimate of drug-likeness (QED) is 0.895. The lowest BCUT2D eigenvalue weighted by molar-refractivity contribution is -0.126. The topological polar surface area (TPSA) is 55.1 Å². The van der Waals surface area contributed by atoms with Gasteiger partial charge in [0.25, 0.3) is 0 Å². The first-order valence-electron chi connectivity index (χ1n) is 6.68. The zero-order chi connectivity index (χ0) is 14.6. The van der Waals surface area contributed by atoms with Crippen molar-refractivity contribution >= 4 is 5.91 Å². The van der Waals surface area contributed by atoms with Crippen molar-refractivity contribution in [1.29, 1.82) is 0 Å². The van der Waals surface area contributed by atoms with Crippen molar-refractivity contribution in [1.82, 2.24) is 5.32 Å². The molecule has 0 spiro atoms. The summed E-state index contributed by atoms with van der Waals surface area (Å²) in [6.45, 7) is 4.25. The molecule has 104 valence electrons. The Kier molecular flexibility index (Phi) is 4.20. The van der Waals surface area contributed by atoms with Gasteiger partial charge in [-0.3, -0.25) is 4.79 Å². The Labute approximate surface area is 119 Å². The highest BCUT2D eigenvalue weighted by molar-refractivity contribution is 5.86. The van der Waals surface area contributed by atoms with Crippen molar-refractivity contribution in [3.63, 3.8) is 0 Å². The molecule has 0 saturated heterocycles. The van der Waals surface area contributed by atoms with Crippen molar-refractivity contribution in [3.05, 3.63) is 71.3 Å². The van der Waals surface area contributed by atoms with Crippen LogP contribution in [0.5, 0.6) is 0 Å². The maximum Gasteiger partial charge on any atom is 0.244 e. The van der Waals surface area contributed by atoms with Crippen LogP contribution in [0.15, 0.2) is 54.6 Å². The van der Waals surface area contributed by atoms with Gasteiger partial charge >= 0.3 is 0 Å². The van der Waals surface area contributed by atoms with E-state index in [1.807, 2.05) is 61.5 Å². The molecule has 0 aromatic heterocycles. The molecule has 1 atom stereocenters. The Morgan fingerprint density at radius 1 is 1.10 bits per heavy atom. The molecule has 2 aromatic rings. The van der Waals surface area contributed by atoms with Crippen molar-refractivity contribution in [2.75, 3.05) is 0 Å². The number of carbonyl (C=O) groups is 1. The molecule has 3 N–H and O–H groups in total. The van der Waals surface area contributed by atoms with Gasteiger partial charge in [0.2, 0.25) is 5.91 Å². The number of hydrogen-bond acceptors (Lipinski definition) is 2. The fourth-order valence-electron chi connectivity index (χ4n) is 1.99. The van der Waals surface area contributed by atoms with E-state index in [1.54, 1.807) is 6.92 Å². The summed E-state index contributed by atoms with van der Waals surface area (Å²) < 4.78 is 0. The predicted molar refractivity (Wildman–Crippen MR) is 81.0 cm³/mol. The highest BCUT2D eigenvalue weighted by Gasteiger charge is 2.29. The molecule has 0 radical (unpaired) electrons. The van der Waals surface area contributed by atoms with Gasteiger partial charge in [-0.15, -0.1) is 0 Å². The summed E-state index contributed by atoms with van der Waals surface area (Å²) in [4.78, 5) is 12.3. The first kappa shape index (κ1) is 14.3. The third kappa shape index (κ3) is 3.25. The van der Waals surface area contributed by atoms with E-state index in [0.29, 0.717) is 6.54 Å². The molecular weight excluding hydrogens is 248 g/mol. The zero-order valence-electron chi connectivity index (χ0n) is 11.9. The molecule has 0 aliphatic heterocycles. The largest absolute Gasteiger partial charge is 0.350 e. The lowest BCUT2D eigenvalue weighted by Gasteiger charge is -2.24. The smallest absolute Gasteiger partial charge is 0.244 e. The zero-order valence-corrected chi connectivity index (χ0v) is 11.9. The van der Waals surface area contributed by atoms with E-state index in [9.17, 15) is 4.79 Å². The lowest BCUT2D eigenvalue weighted by atomic mass is 9.92. The van der Waals surface area contributed by atoms with Gasteiger partial charge in [0.15, 0.2) is 0 Å². The number of amides is 1. The summed E-state index contributed by atoms with van der Waals surface area (Å²) in [6.07, 6.45) is 0. The molecule has 3 nitrogen and oxygen atoms in total. The summed E-state index contributed by atoms with van der Waals surface area (Å²) in [5.74, 6) is -0.177. The minimum atomic E-state index is -1.02. The Balaban J connectivity index is 2.03. The van der Waals surface area contributed by atoms with Crippen LogP contribution in [0, 0.1) is 6.92 Å². The molecule has 1 amide bonds. The first-order valence-corrected chi connectivity index (χ1v) is 6.68. The van der Waals surface area contributed by atoms with E-state index in [-0.39, 0.29) is 5.91 Å². The summed E-state index contributed by atoms with van der Waals surface area (Å²) in [6, 6.07) is 17.5. The van der Waals surface area contributed by atoms with Crippen LogP contribution in [0.1, 0.15) is 23.6 Å². The number of hydrogen-bond donors (Lipinski definition) is 2. The van der Waals surface area contributed by atoms with Gasteiger partial charge in [-0.25, -0.2) is 0 Å². The second-order valence-corrected chi connectivity index (χ2v) is 5.24. The van der Waals surface area contributed by atoms with Crippen LogP contribution < -0.4 is 11.1 Å². The van der Waals surface area contributed by atoms with Crippen molar-refractivity contribution in [3.8, 4) is 0 Å². The van der Waals surface area contributed by atoms with Gasteiger partial charge < -0.3 is 11.1 Å². The summed E-state index contributed by atoms with van der Waals surface area (Å²) in [5.41, 5.74) is 8.21. The molecule has 0 saturated carbocycles. The minimum Gasteiger partial charge on any atom is -0.350 e. The fraction of sp³-hybridized carbons (Fsp3) is 0.235. The summed E-state index contributed by atoms with van der Waals surface area (Å²) >= 11 is 0. The third-order valence-electron chi connectivity index (χ3n) is 3.42. The van der Waals surface area contributed by atoms with E-state index in [0.717, 1.165) is 11.1 Å². The van der Waals surface area contributed by atoms with Gasteiger partial charge in [-0.05, 0) is 25.0 Å². The molecular formula is C17H20N2O. The molecule has 3 heteroatoms. The van der Waals surface area contributed by atoms with Gasteiger partial charge in [-0.2, -0.15) is 0 Å². The molecule has 0 bridgehead atoms. The summed E-state index contributed by atoms with van der Waals surface area (Å²) in [5, 5.41) is 2.89. The SMILES string of the molecule is Cc1ccc(CNC(=O)C(C)(N)c2ccccc2)cc1. The number of nitrogens with two attached hydrogens (primary N) is 1. The third-order valence-corrected chi connectivity index (χ3v) is 3.42. The Bertz CT molecular complexity index is 574. The van der Waals surface area contributed by atoms with Crippen molar-refractivity contribution in [2.45, 2.75) is 25.9 Å². The molecule has 0 aliphatic carbocycles. The van der Waals surface area contributed by atoms with Crippen LogP contribution >= 0.6 is 0 Å². The number of benzene rings is 2. The standard InChI is InChI=1S/C17H20N2O/c1-13-8-10-14(11-9-13)12-19-16(20)17(2,18)15-6-4-3-5-7-15/h3-11H,12,18H2,1-2H3,(H,19,20). The van der Waals surface area contributed by atoms with E-state index in [1.165, 1.54) is 5.56 Å². The van der Waals surface area contributed by atoms with Crippen LogP contribution in [0.25, 0.3) is 0 Å². The maximum absolute atomic E-state index is 12.3. The molecule has 2 aromatic carbocycles. The van der Waals surface area contributed by atoms with Gasteiger partial charge in [0, 0.05) is 6.54 Å². The lowest BCUT2D eigenvalue weighted by Crippen LogP contribution is -2.48. The minimum absolute atomic E-state index is 0.177. The molecule has 2 rings (SSSR count). The van der Waals surface area contributed by atoms with E-state index in [4.69, 9.17) is 5.73 Å². The molecule has 20 heavy (non-hydrogen) atoms. The van der Waals surface area contributed by atoms with Crippen LogP contribution in [0.3, 0.4) is 0 Å². The van der Waals surface area contributed by atoms with Gasteiger partial charge in [0.05, 0.1) is 0 Å². The second kappa shape index (κ2) is 5.88. The van der Waals surface area contributed by atoms with Crippen LogP contribution in [-0.2, 0) is 16.9 Å². The number of aryl methyl sites for hydroxylation is 1. The number of rotatable bonds is 4. The van der Waals surface area contributed by atoms with Crippen LogP contribution in [0.2, 0.25) is 0 Å². The Morgan fingerprint density at radius 3 is 2.30 bits per heavy atom. The monoisotopic (exact) mass is 268 g/mol. The number of nitrogens with one attached hydrogen (secondary N) is 1. The van der Waals surface area contributed by atoms with E-state index < -0.39 is 5.54 Å². The van der Waals surface area contributed by atoms with Crippen LogP contribution in [0.4, 0.5) is 0 Å². The highest BCUT2D eigenvalue weighted by Crippen LogP contribution is 2.17. The van der Waals surface area contributed by atoms with Crippen molar-refractivity contribution < 1.29 is 4.79 Å². The number of carbonyl (C=O) groups excluding carboxylic acids is 1. The van der Waals surface area contributed by atoms with E-state index in [2.05, 4.69) is 5.32 Å². The molecule has 1 unspecified atom stereocenters. The summed E-state index contributed by atoms with van der Waals surface area (Å²) in [7, 11) is 0. The average molecular weight is 268 g/mol. The Hall–Kier alpha value is -2.13. The average Bonchev–Trinajstić information content (AvgIpc) is 2.47. The normalized spacial score (nSPS) is 13.6. The van der Waals surface area contributed by atoms with Gasteiger partial charge in [0.1, 0.15) is 5.54 Å². The van der Waals surface area contributed by atoms with Crippen LogP contribution in [-0.4, -0.2) is 5.91 Å². The van der Waals surface area contributed by atoms with E-state index >= 15 is 0 Å². The van der Waals surface area contributed by atoms with Crippen molar-refractivity contribution in [2.24, 2.45) is 5.73 Å². The predicted octanol–water partition coefficient (Wildman–Crippen LogP) is 2.49. The Morgan fingerprint density at radius 2 is 1.70 bits per heavy atom. The fourth-order valence-corrected chi connectivity index (χ4v) is 1.99. The molecule has 0 fully saturated rings. The van der Waals surface area contributed by atoms with Gasteiger partial charge in [-0.1, -0.05) is 60.2 Å². The second-order valence-electron chi connectivity index (χ2n) is 5.24. The highest BCUT2D eigenvalue weighted by atomic mass is 16.2. The maximum atomic E-state index is 12.3.